The molecule has 126 valence electrons. The smallest absolute Gasteiger partial charge is 0.188 e. The van der Waals surface area contributed by atoms with E-state index in [1.807, 2.05) is 6.92 Å². The van der Waals surface area contributed by atoms with Gasteiger partial charge in [-0.05, 0) is 37.1 Å². The van der Waals surface area contributed by atoms with Crippen LogP contribution in [0.4, 0.5) is 0 Å². The Morgan fingerprint density at radius 3 is 3.17 bits per heavy atom. The monoisotopic (exact) mass is 446 g/mol. The Balaban J connectivity index is 0.00000192. The van der Waals surface area contributed by atoms with Crippen molar-refractivity contribution in [2.24, 2.45) is 16.6 Å². The van der Waals surface area contributed by atoms with Crippen LogP contribution in [0.2, 0.25) is 0 Å². The van der Waals surface area contributed by atoms with Crippen molar-refractivity contribution in [3.63, 3.8) is 0 Å². The number of fused-ring (bicyclic) bond motifs is 1. The molecule has 3 rings (SSSR count). The summed E-state index contributed by atoms with van der Waals surface area (Å²) in [5.41, 5.74) is 5.95. The first-order chi connectivity index (χ1) is 10.7. The predicted molar refractivity (Wildman–Crippen MR) is 105 cm³/mol. The zero-order valence-corrected chi connectivity index (χ0v) is 16.4. The number of aryl methyl sites for hydroxylation is 2. The molecule has 2 aromatic rings. The fourth-order valence-corrected chi connectivity index (χ4v) is 3.44. The van der Waals surface area contributed by atoms with Gasteiger partial charge in [0.2, 0.25) is 0 Å². The van der Waals surface area contributed by atoms with Crippen molar-refractivity contribution in [3.05, 3.63) is 34.0 Å². The molecule has 1 unspecified atom stereocenters. The summed E-state index contributed by atoms with van der Waals surface area (Å²) in [4.78, 5) is 5.85. The maximum atomic E-state index is 5.95. The van der Waals surface area contributed by atoms with Gasteiger partial charge in [0.1, 0.15) is 11.6 Å². The molecule has 0 bridgehead atoms. The third-order valence-electron chi connectivity index (χ3n) is 4.01. The Labute approximate surface area is 157 Å². The third kappa shape index (κ3) is 4.90. The number of rotatable bonds is 5. The zero-order valence-electron chi connectivity index (χ0n) is 13.2. The van der Waals surface area contributed by atoms with Crippen LogP contribution < -0.4 is 11.1 Å². The summed E-state index contributed by atoms with van der Waals surface area (Å²) in [7, 11) is 0. The molecule has 0 radical (unpaired) electrons. The first kappa shape index (κ1) is 18.2. The maximum Gasteiger partial charge on any atom is 0.188 e. The summed E-state index contributed by atoms with van der Waals surface area (Å²) in [6, 6.07) is 4.21. The zero-order chi connectivity index (χ0) is 15.4. The van der Waals surface area contributed by atoms with Gasteiger partial charge in [0.05, 0.1) is 0 Å². The summed E-state index contributed by atoms with van der Waals surface area (Å²) in [6.07, 6.45) is 3.07. The SMILES string of the molecule is Cc1nnc2n1CC(CN=C(N)NCCc1cccs1)CC2.I. The van der Waals surface area contributed by atoms with Gasteiger partial charge >= 0.3 is 0 Å². The Morgan fingerprint density at radius 2 is 2.39 bits per heavy atom. The lowest BCUT2D eigenvalue weighted by atomic mass is 9.99. The van der Waals surface area contributed by atoms with E-state index in [4.69, 9.17) is 5.73 Å². The molecule has 0 fully saturated rings. The minimum atomic E-state index is 0. The van der Waals surface area contributed by atoms with Gasteiger partial charge in [0.15, 0.2) is 5.96 Å². The number of nitrogens with two attached hydrogens (primary N) is 1. The summed E-state index contributed by atoms with van der Waals surface area (Å²) < 4.78 is 2.20. The molecule has 1 aliphatic rings. The van der Waals surface area contributed by atoms with Crippen molar-refractivity contribution in [1.82, 2.24) is 20.1 Å². The Morgan fingerprint density at radius 1 is 1.52 bits per heavy atom. The van der Waals surface area contributed by atoms with E-state index < -0.39 is 0 Å². The Hall–Kier alpha value is -1.16. The normalized spacial score (nSPS) is 17.4. The summed E-state index contributed by atoms with van der Waals surface area (Å²) in [5, 5.41) is 13.6. The lowest BCUT2D eigenvalue weighted by Gasteiger charge is -2.22. The predicted octanol–water partition coefficient (Wildman–Crippen LogP) is 1.98. The standard InChI is InChI=1S/C15H22N6S.HI/c1-11-19-20-14-5-4-12(10-21(11)14)9-18-15(16)17-7-6-13-3-2-8-22-13;/h2-3,8,12H,4-7,9-10H2,1H3,(H3,16,17,18);1H. The van der Waals surface area contributed by atoms with Crippen molar-refractivity contribution in [2.45, 2.75) is 32.7 Å². The van der Waals surface area contributed by atoms with E-state index in [0.29, 0.717) is 11.9 Å². The third-order valence-corrected chi connectivity index (χ3v) is 4.94. The van der Waals surface area contributed by atoms with Crippen LogP contribution in [0.5, 0.6) is 0 Å². The minimum Gasteiger partial charge on any atom is -0.370 e. The molecule has 3 heterocycles. The number of thiophene rings is 1. The average molecular weight is 446 g/mol. The molecule has 1 atom stereocenters. The van der Waals surface area contributed by atoms with Crippen LogP contribution in [0, 0.1) is 12.8 Å². The van der Waals surface area contributed by atoms with Crippen LogP contribution in [-0.2, 0) is 19.4 Å². The van der Waals surface area contributed by atoms with Crippen molar-refractivity contribution < 1.29 is 0 Å². The molecule has 0 spiro atoms. The van der Waals surface area contributed by atoms with Crippen LogP contribution in [-0.4, -0.2) is 33.8 Å². The second-order valence-electron chi connectivity index (χ2n) is 5.66. The van der Waals surface area contributed by atoms with E-state index in [1.165, 1.54) is 4.88 Å². The number of halogens is 1. The molecule has 0 saturated carbocycles. The van der Waals surface area contributed by atoms with Crippen LogP contribution in [0.25, 0.3) is 0 Å². The van der Waals surface area contributed by atoms with E-state index in [0.717, 1.165) is 50.5 Å². The molecule has 23 heavy (non-hydrogen) atoms. The van der Waals surface area contributed by atoms with E-state index in [2.05, 4.69) is 42.6 Å². The number of aliphatic imine (C=N–C) groups is 1. The van der Waals surface area contributed by atoms with E-state index in [1.54, 1.807) is 11.3 Å². The van der Waals surface area contributed by atoms with Gasteiger partial charge in [-0.1, -0.05) is 6.07 Å². The average Bonchev–Trinajstić information content (AvgIpc) is 3.16. The first-order valence-electron chi connectivity index (χ1n) is 7.67. The number of aromatic nitrogens is 3. The van der Waals surface area contributed by atoms with Gasteiger partial charge in [-0.15, -0.1) is 45.5 Å². The van der Waals surface area contributed by atoms with Crippen molar-refractivity contribution in [1.29, 1.82) is 0 Å². The highest BCUT2D eigenvalue weighted by atomic mass is 127. The summed E-state index contributed by atoms with van der Waals surface area (Å²) >= 11 is 1.77. The van der Waals surface area contributed by atoms with Gasteiger partial charge in [0, 0.05) is 30.9 Å². The first-order valence-corrected chi connectivity index (χ1v) is 8.55. The van der Waals surface area contributed by atoms with Crippen molar-refractivity contribution in [3.8, 4) is 0 Å². The molecule has 1 aliphatic heterocycles. The van der Waals surface area contributed by atoms with Crippen molar-refractivity contribution in [2.75, 3.05) is 13.1 Å². The number of guanidine groups is 1. The summed E-state index contributed by atoms with van der Waals surface area (Å²) in [6.45, 7) is 4.53. The highest BCUT2D eigenvalue weighted by Gasteiger charge is 2.21. The lowest BCUT2D eigenvalue weighted by Crippen LogP contribution is -2.34. The fraction of sp³-hybridized carbons (Fsp3) is 0.533. The van der Waals surface area contributed by atoms with Gasteiger partial charge in [-0.2, -0.15) is 0 Å². The van der Waals surface area contributed by atoms with Crippen LogP contribution in [0.1, 0.15) is 22.9 Å². The number of nitrogens with zero attached hydrogens (tertiary/aromatic N) is 4. The van der Waals surface area contributed by atoms with Gasteiger partial charge in [-0.25, -0.2) is 0 Å². The van der Waals surface area contributed by atoms with E-state index >= 15 is 0 Å². The van der Waals surface area contributed by atoms with Crippen LogP contribution >= 0.6 is 35.3 Å². The molecule has 0 saturated heterocycles. The van der Waals surface area contributed by atoms with Gasteiger partial charge in [-0.3, -0.25) is 4.99 Å². The topological polar surface area (TPSA) is 81.1 Å². The lowest BCUT2D eigenvalue weighted by molar-refractivity contribution is 0.370. The molecule has 8 heteroatoms. The fourth-order valence-electron chi connectivity index (χ4n) is 2.73. The van der Waals surface area contributed by atoms with E-state index in [-0.39, 0.29) is 24.0 Å². The molecule has 0 amide bonds. The molecule has 0 aromatic carbocycles. The second kappa shape index (κ2) is 8.62. The molecular formula is C15H23IN6S. The molecular weight excluding hydrogens is 423 g/mol. The van der Waals surface area contributed by atoms with Crippen molar-refractivity contribution >= 4 is 41.3 Å². The van der Waals surface area contributed by atoms with Crippen LogP contribution in [0.15, 0.2) is 22.5 Å². The maximum absolute atomic E-state index is 5.95. The largest absolute Gasteiger partial charge is 0.370 e. The molecule has 2 aromatic heterocycles. The molecule has 0 aliphatic carbocycles. The molecule has 6 nitrogen and oxygen atoms in total. The van der Waals surface area contributed by atoms with E-state index in [9.17, 15) is 0 Å². The quantitative estimate of drug-likeness (QED) is 0.418. The summed E-state index contributed by atoms with van der Waals surface area (Å²) in [5.74, 6) is 3.15. The van der Waals surface area contributed by atoms with Crippen LogP contribution in [0.3, 0.4) is 0 Å². The Bertz CT molecular complexity index is 636. The number of nitrogens with one attached hydrogen (secondary N) is 1. The molecule has 3 N–H and O–H groups in total. The second-order valence-corrected chi connectivity index (χ2v) is 6.69. The minimum absolute atomic E-state index is 0. The number of hydrogen-bond donors (Lipinski definition) is 2. The highest BCUT2D eigenvalue weighted by Crippen LogP contribution is 2.19. The van der Waals surface area contributed by atoms with Gasteiger partial charge < -0.3 is 15.6 Å². The Kier molecular flexibility index (Phi) is 6.82. The number of hydrogen-bond acceptors (Lipinski definition) is 4. The highest BCUT2D eigenvalue weighted by molar-refractivity contribution is 14.0. The van der Waals surface area contributed by atoms with Gasteiger partial charge in [0.25, 0.3) is 0 Å².